The number of pyridine rings is 1. The van der Waals surface area contributed by atoms with Crippen LogP contribution in [0, 0.1) is 6.92 Å². The fourth-order valence-corrected chi connectivity index (χ4v) is 3.57. The predicted molar refractivity (Wildman–Crippen MR) is 106 cm³/mol. The zero-order valence-electron chi connectivity index (χ0n) is 16.7. The van der Waals surface area contributed by atoms with Gasteiger partial charge in [0.05, 0.1) is 17.3 Å². The zero-order chi connectivity index (χ0) is 21.9. The van der Waals surface area contributed by atoms with Gasteiger partial charge in [-0.3, -0.25) is 14.6 Å². The number of aromatic nitrogens is 3. The first-order valence-electron chi connectivity index (χ1n) is 9.53. The van der Waals surface area contributed by atoms with E-state index in [2.05, 4.69) is 51.4 Å². The van der Waals surface area contributed by atoms with Crippen molar-refractivity contribution in [3.63, 3.8) is 0 Å². The van der Waals surface area contributed by atoms with E-state index in [9.17, 15) is 13.2 Å². The van der Waals surface area contributed by atoms with E-state index >= 15 is 0 Å². The van der Waals surface area contributed by atoms with Crippen LogP contribution in [0.4, 0.5) is 13.2 Å². The first-order valence-corrected chi connectivity index (χ1v) is 9.53. The van der Waals surface area contributed by atoms with Crippen molar-refractivity contribution in [2.45, 2.75) is 38.5 Å². The van der Waals surface area contributed by atoms with Crippen LogP contribution in [-0.2, 0) is 18.4 Å². The van der Waals surface area contributed by atoms with Gasteiger partial charge in [0.25, 0.3) is 0 Å². The maximum Gasteiger partial charge on any atom is 0.490 e. The van der Waals surface area contributed by atoms with Crippen molar-refractivity contribution in [1.82, 2.24) is 19.7 Å². The summed E-state index contributed by atoms with van der Waals surface area (Å²) in [6.07, 6.45) is -0.600. The second-order valence-corrected chi connectivity index (χ2v) is 7.33. The van der Waals surface area contributed by atoms with Gasteiger partial charge in [0.2, 0.25) is 0 Å². The summed E-state index contributed by atoms with van der Waals surface area (Å²) in [5.41, 5.74) is 4.70. The molecule has 3 aromatic rings. The smallest absolute Gasteiger partial charge is 0.475 e. The summed E-state index contributed by atoms with van der Waals surface area (Å²) >= 11 is 0. The van der Waals surface area contributed by atoms with E-state index in [0.717, 1.165) is 24.3 Å². The lowest BCUT2D eigenvalue weighted by molar-refractivity contribution is -0.192. The van der Waals surface area contributed by atoms with Crippen molar-refractivity contribution in [3.8, 4) is 0 Å². The molecule has 1 aliphatic heterocycles. The van der Waals surface area contributed by atoms with Gasteiger partial charge in [0.1, 0.15) is 0 Å². The highest BCUT2D eigenvalue weighted by Gasteiger charge is 2.38. The Hall–Kier alpha value is -2.94. The maximum atomic E-state index is 10.6. The SMILES string of the molecule is Cc1ccc2cc(CN3CCCC3c3ccn(C)n3)ccc2n1.O=C(O)C(F)(F)F. The van der Waals surface area contributed by atoms with Gasteiger partial charge in [-0.15, -0.1) is 0 Å². The van der Waals surface area contributed by atoms with E-state index in [-0.39, 0.29) is 0 Å². The largest absolute Gasteiger partial charge is 0.490 e. The van der Waals surface area contributed by atoms with Gasteiger partial charge in [-0.05, 0) is 56.1 Å². The summed E-state index contributed by atoms with van der Waals surface area (Å²) in [5.74, 6) is -2.76. The van der Waals surface area contributed by atoms with Crippen molar-refractivity contribution >= 4 is 16.9 Å². The number of carbonyl (C=O) groups is 1. The summed E-state index contributed by atoms with van der Waals surface area (Å²) in [6.45, 7) is 4.16. The molecule has 9 heteroatoms. The predicted octanol–water partition coefficient (Wildman–Crippen LogP) is 4.25. The third-order valence-electron chi connectivity index (χ3n) is 4.96. The average molecular weight is 420 g/mol. The van der Waals surface area contributed by atoms with Crippen LogP contribution in [0.2, 0.25) is 0 Å². The maximum absolute atomic E-state index is 10.6. The lowest BCUT2D eigenvalue weighted by Crippen LogP contribution is -2.23. The van der Waals surface area contributed by atoms with Gasteiger partial charge in [0, 0.05) is 30.9 Å². The van der Waals surface area contributed by atoms with Crippen molar-refractivity contribution in [2.75, 3.05) is 6.54 Å². The Labute approximate surface area is 171 Å². The number of likely N-dealkylation sites (tertiary alicyclic amines) is 1. The first kappa shape index (κ1) is 21.8. The van der Waals surface area contributed by atoms with Crippen LogP contribution in [0.1, 0.15) is 35.8 Å². The van der Waals surface area contributed by atoms with Gasteiger partial charge in [-0.1, -0.05) is 12.1 Å². The van der Waals surface area contributed by atoms with E-state index in [1.54, 1.807) is 0 Å². The van der Waals surface area contributed by atoms with Crippen LogP contribution in [-0.4, -0.2) is 43.5 Å². The first-order chi connectivity index (χ1) is 14.1. The highest BCUT2D eigenvalue weighted by atomic mass is 19.4. The van der Waals surface area contributed by atoms with Crippen LogP contribution in [0.5, 0.6) is 0 Å². The third kappa shape index (κ3) is 5.35. The average Bonchev–Trinajstić information content (AvgIpc) is 3.30. The van der Waals surface area contributed by atoms with E-state index in [1.165, 1.54) is 29.5 Å². The molecule has 1 aliphatic rings. The molecule has 1 N–H and O–H groups in total. The molecule has 30 heavy (non-hydrogen) atoms. The van der Waals surface area contributed by atoms with E-state index in [4.69, 9.17) is 9.90 Å². The van der Waals surface area contributed by atoms with Gasteiger partial charge in [-0.2, -0.15) is 18.3 Å². The van der Waals surface area contributed by atoms with E-state index < -0.39 is 12.1 Å². The standard InChI is InChI=1S/C19H22N4.C2HF3O2/c1-14-5-7-16-12-15(6-8-17(16)20-14)13-23-10-3-4-19(23)18-9-11-22(2)21-18;3-2(4,5)1(6)7/h5-9,11-12,19H,3-4,10,13H2,1-2H3;(H,6,7). The van der Waals surface area contributed by atoms with Crippen LogP contribution in [0.3, 0.4) is 0 Å². The van der Waals surface area contributed by atoms with Crippen LogP contribution in [0.25, 0.3) is 10.9 Å². The molecule has 0 bridgehead atoms. The second kappa shape index (κ2) is 8.83. The normalized spacial score (nSPS) is 17.0. The molecular formula is C21H23F3N4O2. The molecule has 2 aromatic heterocycles. The molecule has 1 fully saturated rings. The molecule has 1 unspecified atom stereocenters. The van der Waals surface area contributed by atoms with Gasteiger partial charge < -0.3 is 5.11 Å². The Morgan fingerprint density at radius 2 is 1.97 bits per heavy atom. The number of hydrogen-bond donors (Lipinski definition) is 1. The Morgan fingerprint density at radius 1 is 1.23 bits per heavy atom. The second-order valence-electron chi connectivity index (χ2n) is 7.33. The summed E-state index contributed by atoms with van der Waals surface area (Å²) in [4.78, 5) is 16.0. The number of benzene rings is 1. The molecule has 0 aliphatic carbocycles. The zero-order valence-corrected chi connectivity index (χ0v) is 16.7. The molecule has 1 aromatic carbocycles. The minimum absolute atomic E-state index is 0.447. The molecule has 4 rings (SSSR count). The molecule has 6 nitrogen and oxygen atoms in total. The molecule has 0 radical (unpaired) electrons. The van der Waals surface area contributed by atoms with Crippen LogP contribution in [0.15, 0.2) is 42.6 Å². The number of aliphatic carboxylic acids is 1. The molecule has 0 amide bonds. The van der Waals surface area contributed by atoms with E-state index in [1.807, 2.05) is 24.9 Å². The molecule has 0 saturated carbocycles. The summed E-state index contributed by atoms with van der Waals surface area (Å²) in [5, 5.41) is 13.0. The Kier molecular flexibility index (Phi) is 6.40. The highest BCUT2D eigenvalue weighted by Crippen LogP contribution is 2.32. The van der Waals surface area contributed by atoms with Crippen LogP contribution < -0.4 is 0 Å². The number of carboxylic acid groups (broad SMARTS) is 1. The number of aryl methyl sites for hydroxylation is 2. The van der Waals surface area contributed by atoms with Crippen molar-refractivity contribution in [3.05, 3.63) is 59.5 Å². The summed E-state index contributed by atoms with van der Waals surface area (Å²) < 4.78 is 33.6. The molecular weight excluding hydrogens is 397 g/mol. The van der Waals surface area contributed by atoms with Gasteiger partial charge in [-0.25, -0.2) is 4.79 Å². The monoisotopic (exact) mass is 420 g/mol. The van der Waals surface area contributed by atoms with Crippen molar-refractivity contribution < 1.29 is 23.1 Å². The van der Waals surface area contributed by atoms with Crippen molar-refractivity contribution in [1.29, 1.82) is 0 Å². The third-order valence-corrected chi connectivity index (χ3v) is 4.96. The Bertz CT molecular complexity index is 1030. The van der Waals surface area contributed by atoms with Crippen molar-refractivity contribution in [2.24, 2.45) is 7.05 Å². The minimum atomic E-state index is -5.08. The van der Waals surface area contributed by atoms with Gasteiger partial charge >= 0.3 is 12.1 Å². The number of carboxylic acids is 1. The van der Waals surface area contributed by atoms with Gasteiger partial charge in [0.15, 0.2) is 0 Å². The lowest BCUT2D eigenvalue weighted by atomic mass is 10.1. The number of rotatable bonds is 3. The topological polar surface area (TPSA) is 71.2 Å². The molecule has 1 atom stereocenters. The number of nitrogens with zero attached hydrogens (tertiary/aromatic N) is 4. The number of hydrogen-bond acceptors (Lipinski definition) is 4. The molecule has 3 heterocycles. The Balaban J connectivity index is 0.000000318. The number of fused-ring (bicyclic) bond motifs is 1. The number of halogens is 3. The molecule has 1 saturated heterocycles. The molecule has 160 valence electrons. The molecule has 0 spiro atoms. The summed E-state index contributed by atoms with van der Waals surface area (Å²) in [6, 6.07) is 13.5. The highest BCUT2D eigenvalue weighted by molar-refractivity contribution is 5.79. The lowest BCUT2D eigenvalue weighted by Gasteiger charge is -2.23. The fourth-order valence-electron chi connectivity index (χ4n) is 3.57. The Morgan fingerprint density at radius 3 is 2.60 bits per heavy atom. The quantitative estimate of drug-likeness (QED) is 0.686. The van der Waals surface area contributed by atoms with Crippen LogP contribution >= 0.6 is 0 Å². The summed E-state index contributed by atoms with van der Waals surface area (Å²) in [7, 11) is 1.99. The fraction of sp³-hybridized carbons (Fsp3) is 0.381. The van der Waals surface area contributed by atoms with E-state index in [0.29, 0.717) is 6.04 Å². The number of alkyl halides is 3. The minimum Gasteiger partial charge on any atom is -0.475 e.